The second-order valence-electron chi connectivity index (χ2n) is 6.53. The molecule has 3 rings (SSSR count). The van der Waals surface area contributed by atoms with Gasteiger partial charge in [-0.3, -0.25) is 4.79 Å². The Balaban J connectivity index is 0.00000176. The highest BCUT2D eigenvalue weighted by molar-refractivity contribution is 5.85. The van der Waals surface area contributed by atoms with Crippen molar-refractivity contribution in [2.24, 2.45) is 11.8 Å². The van der Waals surface area contributed by atoms with E-state index in [2.05, 4.69) is 34.5 Å². The molecule has 1 heterocycles. The average Bonchev–Trinajstić information content (AvgIpc) is 2.51. The number of halogens is 1. The van der Waals surface area contributed by atoms with Gasteiger partial charge in [-0.2, -0.15) is 0 Å². The number of rotatable bonds is 5. The first kappa shape index (κ1) is 17.3. The molecule has 0 radical (unpaired) electrons. The Labute approximate surface area is 139 Å². The van der Waals surface area contributed by atoms with Gasteiger partial charge in [0.2, 0.25) is 5.91 Å². The predicted octanol–water partition coefficient (Wildman–Crippen LogP) is 3.24. The molecule has 0 spiro atoms. The molecule has 2 aliphatic rings. The van der Waals surface area contributed by atoms with Crippen LogP contribution in [0.2, 0.25) is 0 Å². The van der Waals surface area contributed by atoms with E-state index in [0.717, 1.165) is 44.9 Å². The van der Waals surface area contributed by atoms with Crippen molar-refractivity contribution in [2.75, 3.05) is 19.6 Å². The SMILES string of the molecule is Cl.O=C(C1CCNCC1)N(Cc1ccccc1)CC1CCC1. The van der Waals surface area contributed by atoms with Gasteiger partial charge in [0, 0.05) is 19.0 Å². The van der Waals surface area contributed by atoms with Crippen molar-refractivity contribution in [3.05, 3.63) is 35.9 Å². The molecule has 0 unspecified atom stereocenters. The molecule has 3 nitrogen and oxygen atoms in total. The van der Waals surface area contributed by atoms with Crippen LogP contribution in [0.1, 0.15) is 37.7 Å². The molecule has 1 aromatic rings. The highest BCUT2D eigenvalue weighted by atomic mass is 35.5. The molecule has 1 saturated heterocycles. The molecule has 22 heavy (non-hydrogen) atoms. The van der Waals surface area contributed by atoms with E-state index < -0.39 is 0 Å². The summed E-state index contributed by atoms with van der Waals surface area (Å²) in [6.45, 7) is 3.70. The summed E-state index contributed by atoms with van der Waals surface area (Å²) < 4.78 is 0. The molecule has 1 aliphatic carbocycles. The number of carbonyl (C=O) groups excluding carboxylic acids is 1. The first-order chi connectivity index (χ1) is 10.3. The van der Waals surface area contributed by atoms with Crippen LogP contribution in [-0.2, 0) is 11.3 Å². The number of nitrogens with one attached hydrogen (secondary N) is 1. The summed E-state index contributed by atoms with van der Waals surface area (Å²) in [5.74, 6) is 1.35. The minimum absolute atomic E-state index is 0. The van der Waals surface area contributed by atoms with Gasteiger partial charge in [-0.05, 0) is 50.3 Å². The number of carbonyl (C=O) groups is 1. The molecule has 0 aromatic heterocycles. The minimum Gasteiger partial charge on any atom is -0.338 e. The summed E-state index contributed by atoms with van der Waals surface area (Å²) >= 11 is 0. The third-order valence-corrected chi connectivity index (χ3v) is 4.92. The van der Waals surface area contributed by atoms with E-state index in [9.17, 15) is 4.79 Å². The molecule has 1 saturated carbocycles. The molecule has 0 atom stereocenters. The van der Waals surface area contributed by atoms with E-state index in [1.165, 1.54) is 24.8 Å². The summed E-state index contributed by atoms with van der Waals surface area (Å²) in [5.41, 5.74) is 1.25. The maximum atomic E-state index is 12.9. The molecule has 1 aliphatic heterocycles. The van der Waals surface area contributed by atoms with Crippen molar-refractivity contribution in [3.8, 4) is 0 Å². The lowest BCUT2D eigenvalue weighted by atomic mass is 9.84. The Morgan fingerprint density at radius 2 is 1.77 bits per heavy atom. The Morgan fingerprint density at radius 3 is 2.36 bits per heavy atom. The Morgan fingerprint density at radius 1 is 1.09 bits per heavy atom. The summed E-state index contributed by atoms with van der Waals surface area (Å²) in [5, 5.41) is 3.35. The Hall–Kier alpha value is -1.06. The van der Waals surface area contributed by atoms with Gasteiger partial charge < -0.3 is 10.2 Å². The van der Waals surface area contributed by atoms with Gasteiger partial charge in [-0.15, -0.1) is 12.4 Å². The second-order valence-corrected chi connectivity index (χ2v) is 6.53. The summed E-state index contributed by atoms with van der Waals surface area (Å²) in [7, 11) is 0. The van der Waals surface area contributed by atoms with Crippen LogP contribution in [0.15, 0.2) is 30.3 Å². The Kier molecular flexibility index (Phi) is 6.71. The van der Waals surface area contributed by atoms with Crippen LogP contribution in [0.5, 0.6) is 0 Å². The van der Waals surface area contributed by atoms with Crippen LogP contribution in [-0.4, -0.2) is 30.4 Å². The first-order valence-electron chi connectivity index (χ1n) is 8.36. The van der Waals surface area contributed by atoms with Crippen molar-refractivity contribution >= 4 is 18.3 Å². The zero-order valence-corrected chi connectivity index (χ0v) is 14.0. The number of hydrogen-bond donors (Lipinski definition) is 1. The predicted molar refractivity (Wildman–Crippen MR) is 92.0 cm³/mol. The van der Waals surface area contributed by atoms with Crippen molar-refractivity contribution in [2.45, 2.75) is 38.6 Å². The van der Waals surface area contributed by atoms with Gasteiger partial charge in [0.1, 0.15) is 0 Å². The van der Waals surface area contributed by atoms with Crippen LogP contribution in [0.4, 0.5) is 0 Å². The van der Waals surface area contributed by atoms with Gasteiger partial charge in [0.05, 0.1) is 0 Å². The monoisotopic (exact) mass is 322 g/mol. The standard InChI is InChI=1S/C18H26N2O.ClH/c21-18(17-9-11-19-12-10-17)20(14-16-7-4-8-16)13-15-5-2-1-3-6-15;/h1-3,5-6,16-17,19H,4,7-14H2;1H. The highest BCUT2D eigenvalue weighted by Crippen LogP contribution is 2.29. The van der Waals surface area contributed by atoms with Gasteiger partial charge in [0.15, 0.2) is 0 Å². The molecule has 122 valence electrons. The van der Waals surface area contributed by atoms with E-state index in [1.54, 1.807) is 0 Å². The van der Waals surface area contributed by atoms with Gasteiger partial charge in [0.25, 0.3) is 0 Å². The van der Waals surface area contributed by atoms with Gasteiger partial charge in [-0.25, -0.2) is 0 Å². The first-order valence-corrected chi connectivity index (χ1v) is 8.36. The topological polar surface area (TPSA) is 32.3 Å². The lowest BCUT2D eigenvalue weighted by Crippen LogP contribution is -2.43. The maximum absolute atomic E-state index is 12.9. The molecule has 1 amide bonds. The lowest BCUT2D eigenvalue weighted by molar-refractivity contribution is -0.138. The Bertz CT molecular complexity index is 455. The van der Waals surface area contributed by atoms with Gasteiger partial charge >= 0.3 is 0 Å². The van der Waals surface area contributed by atoms with E-state index in [0.29, 0.717) is 5.91 Å². The largest absolute Gasteiger partial charge is 0.338 e. The average molecular weight is 323 g/mol. The summed E-state index contributed by atoms with van der Waals surface area (Å²) in [4.78, 5) is 15.0. The van der Waals surface area contributed by atoms with E-state index in [4.69, 9.17) is 0 Å². The van der Waals surface area contributed by atoms with Crippen molar-refractivity contribution in [1.82, 2.24) is 10.2 Å². The zero-order chi connectivity index (χ0) is 14.5. The second kappa shape index (κ2) is 8.54. The van der Waals surface area contributed by atoms with Crippen LogP contribution in [0, 0.1) is 11.8 Å². The molecule has 0 bridgehead atoms. The third-order valence-electron chi connectivity index (χ3n) is 4.92. The van der Waals surface area contributed by atoms with Crippen LogP contribution in [0.3, 0.4) is 0 Å². The van der Waals surface area contributed by atoms with Crippen LogP contribution < -0.4 is 5.32 Å². The summed E-state index contributed by atoms with van der Waals surface area (Å²) in [6, 6.07) is 10.4. The molecule has 4 heteroatoms. The van der Waals surface area contributed by atoms with E-state index in [-0.39, 0.29) is 18.3 Å². The molecular formula is C18H27ClN2O. The fourth-order valence-electron chi connectivity index (χ4n) is 3.35. The smallest absolute Gasteiger partial charge is 0.226 e. The fraction of sp³-hybridized carbons (Fsp3) is 0.611. The van der Waals surface area contributed by atoms with E-state index in [1.807, 2.05) is 6.07 Å². The number of piperidine rings is 1. The molecule has 1 N–H and O–H groups in total. The van der Waals surface area contributed by atoms with E-state index >= 15 is 0 Å². The summed E-state index contributed by atoms with van der Waals surface area (Å²) in [6.07, 6.45) is 5.92. The van der Waals surface area contributed by atoms with Crippen molar-refractivity contribution in [1.29, 1.82) is 0 Å². The zero-order valence-electron chi connectivity index (χ0n) is 13.2. The molecule has 2 fully saturated rings. The number of benzene rings is 1. The van der Waals surface area contributed by atoms with Gasteiger partial charge in [-0.1, -0.05) is 36.8 Å². The van der Waals surface area contributed by atoms with Crippen LogP contribution >= 0.6 is 12.4 Å². The van der Waals surface area contributed by atoms with Crippen molar-refractivity contribution < 1.29 is 4.79 Å². The number of amides is 1. The quantitative estimate of drug-likeness (QED) is 0.902. The fourth-order valence-corrected chi connectivity index (χ4v) is 3.35. The van der Waals surface area contributed by atoms with Crippen molar-refractivity contribution in [3.63, 3.8) is 0 Å². The highest BCUT2D eigenvalue weighted by Gasteiger charge is 2.29. The number of nitrogens with zero attached hydrogens (tertiary/aromatic N) is 1. The molecule has 1 aromatic carbocycles. The maximum Gasteiger partial charge on any atom is 0.226 e. The van der Waals surface area contributed by atoms with Crippen LogP contribution in [0.25, 0.3) is 0 Å². The third kappa shape index (κ3) is 4.47. The molecular weight excluding hydrogens is 296 g/mol. The normalized spacial score (nSPS) is 19.1. The minimum atomic E-state index is 0. The number of hydrogen-bond acceptors (Lipinski definition) is 2. The lowest BCUT2D eigenvalue weighted by Gasteiger charge is -2.35.